The van der Waals surface area contributed by atoms with Gasteiger partial charge in [-0.1, -0.05) is 0 Å². The van der Waals surface area contributed by atoms with Gasteiger partial charge in [0.1, 0.15) is 17.5 Å². The molecule has 6 heteroatoms. The Balaban J connectivity index is 1.97. The Morgan fingerprint density at radius 3 is 2.68 bits per heavy atom. The van der Waals surface area contributed by atoms with E-state index in [0.29, 0.717) is 17.6 Å². The number of nitrogens with two attached hydrogens (primary N) is 1. The Bertz CT molecular complexity index is 454. The Kier molecular flexibility index (Phi) is 4.19. The predicted octanol–water partition coefficient (Wildman–Crippen LogP) is 1.22. The summed E-state index contributed by atoms with van der Waals surface area (Å²) in [6.45, 7) is 5.61. The van der Waals surface area contributed by atoms with Crippen molar-refractivity contribution in [1.82, 2.24) is 14.9 Å². The lowest BCUT2D eigenvalue weighted by atomic mass is 10.3. The normalized spacial score (nSPS) is 14.2. The summed E-state index contributed by atoms with van der Waals surface area (Å²) in [6.07, 6.45) is 2.25. The first-order valence-corrected chi connectivity index (χ1v) is 6.80. The van der Waals surface area contributed by atoms with Gasteiger partial charge in [0.15, 0.2) is 0 Å². The second-order valence-corrected chi connectivity index (χ2v) is 4.73. The summed E-state index contributed by atoms with van der Waals surface area (Å²) in [5.74, 6) is 2.39. The van der Waals surface area contributed by atoms with Gasteiger partial charge in [0, 0.05) is 25.1 Å². The van der Waals surface area contributed by atoms with Crippen LogP contribution >= 0.6 is 0 Å². The number of nitrogens with zero attached hydrogens (tertiary/aromatic N) is 3. The predicted molar refractivity (Wildman–Crippen MR) is 74.8 cm³/mol. The second kappa shape index (κ2) is 5.86. The molecule has 6 nitrogen and oxygen atoms in total. The van der Waals surface area contributed by atoms with Crippen molar-refractivity contribution in [2.24, 2.45) is 0 Å². The summed E-state index contributed by atoms with van der Waals surface area (Å²) in [5, 5.41) is 3.04. The topological polar surface area (TPSA) is 84.1 Å². The largest absolute Gasteiger partial charge is 0.384 e. The molecule has 1 fully saturated rings. The van der Waals surface area contributed by atoms with Crippen molar-refractivity contribution in [2.75, 3.05) is 30.7 Å². The standard InChI is InChI=1S/C13H21N5O/c1-3-18(4-2)12(19)8-15-11-7-10(14)16-13(17-11)9-5-6-9/h7,9H,3-6,8H2,1-2H3,(H3,14,15,16,17). The molecule has 1 saturated carbocycles. The van der Waals surface area contributed by atoms with Gasteiger partial charge in [0.05, 0.1) is 6.54 Å². The summed E-state index contributed by atoms with van der Waals surface area (Å²) in [6, 6.07) is 1.67. The molecule has 0 atom stereocenters. The minimum Gasteiger partial charge on any atom is -0.384 e. The maximum Gasteiger partial charge on any atom is 0.241 e. The van der Waals surface area contributed by atoms with Crippen molar-refractivity contribution < 1.29 is 4.79 Å². The highest BCUT2D eigenvalue weighted by Gasteiger charge is 2.27. The smallest absolute Gasteiger partial charge is 0.241 e. The van der Waals surface area contributed by atoms with Gasteiger partial charge in [-0.2, -0.15) is 0 Å². The molecule has 0 aliphatic heterocycles. The Morgan fingerprint density at radius 2 is 2.11 bits per heavy atom. The van der Waals surface area contributed by atoms with Crippen LogP contribution in [0.1, 0.15) is 38.4 Å². The zero-order valence-corrected chi connectivity index (χ0v) is 11.5. The molecule has 1 amide bonds. The average Bonchev–Trinajstić information content (AvgIpc) is 3.21. The monoisotopic (exact) mass is 263 g/mol. The minimum absolute atomic E-state index is 0.0650. The van der Waals surface area contributed by atoms with Gasteiger partial charge in [-0.15, -0.1) is 0 Å². The number of anilines is 2. The summed E-state index contributed by atoms with van der Waals surface area (Å²) in [7, 11) is 0. The number of nitrogens with one attached hydrogen (secondary N) is 1. The van der Waals surface area contributed by atoms with Crippen LogP contribution in [-0.2, 0) is 4.79 Å². The lowest BCUT2D eigenvalue weighted by molar-refractivity contribution is -0.128. The van der Waals surface area contributed by atoms with E-state index in [9.17, 15) is 4.79 Å². The first-order chi connectivity index (χ1) is 9.13. The molecule has 19 heavy (non-hydrogen) atoms. The Labute approximate surface area is 113 Å². The molecule has 0 saturated heterocycles. The Morgan fingerprint density at radius 1 is 1.42 bits per heavy atom. The Hall–Kier alpha value is -1.85. The van der Waals surface area contributed by atoms with E-state index in [1.165, 1.54) is 0 Å². The van der Waals surface area contributed by atoms with Crippen LogP contribution in [0.5, 0.6) is 0 Å². The van der Waals surface area contributed by atoms with E-state index < -0.39 is 0 Å². The highest BCUT2D eigenvalue weighted by Crippen LogP contribution is 2.38. The molecule has 1 aromatic rings. The molecule has 3 N–H and O–H groups in total. The highest BCUT2D eigenvalue weighted by atomic mass is 16.2. The molecule has 1 aliphatic carbocycles. The number of carbonyl (C=O) groups excluding carboxylic acids is 1. The SMILES string of the molecule is CCN(CC)C(=O)CNc1cc(N)nc(C2CC2)n1. The fraction of sp³-hybridized carbons (Fsp3) is 0.615. The van der Waals surface area contributed by atoms with Crippen LogP contribution in [0.3, 0.4) is 0 Å². The molecule has 2 rings (SSSR count). The van der Waals surface area contributed by atoms with Gasteiger partial charge >= 0.3 is 0 Å². The van der Waals surface area contributed by atoms with E-state index in [1.807, 2.05) is 13.8 Å². The third-order valence-corrected chi connectivity index (χ3v) is 3.24. The molecule has 1 aromatic heterocycles. The van der Waals surface area contributed by atoms with Crippen molar-refractivity contribution in [3.8, 4) is 0 Å². The quantitative estimate of drug-likeness (QED) is 0.806. The van der Waals surface area contributed by atoms with Gasteiger partial charge in [-0.25, -0.2) is 9.97 Å². The number of hydrogen-bond acceptors (Lipinski definition) is 5. The van der Waals surface area contributed by atoms with Crippen LogP contribution in [0.2, 0.25) is 0 Å². The molecule has 0 aromatic carbocycles. The van der Waals surface area contributed by atoms with E-state index in [4.69, 9.17) is 5.73 Å². The van der Waals surface area contributed by atoms with Crippen LogP contribution in [0.25, 0.3) is 0 Å². The van der Waals surface area contributed by atoms with Crippen molar-refractivity contribution in [2.45, 2.75) is 32.6 Å². The zero-order chi connectivity index (χ0) is 13.8. The maximum absolute atomic E-state index is 11.9. The van der Waals surface area contributed by atoms with Gasteiger partial charge in [-0.05, 0) is 26.7 Å². The number of carbonyl (C=O) groups is 1. The van der Waals surface area contributed by atoms with Gasteiger partial charge in [0.2, 0.25) is 5.91 Å². The van der Waals surface area contributed by atoms with Crippen LogP contribution in [0, 0.1) is 0 Å². The van der Waals surface area contributed by atoms with E-state index >= 15 is 0 Å². The molecule has 104 valence electrons. The third kappa shape index (κ3) is 3.56. The van der Waals surface area contributed by atoms with E-state index in [2.05, 4.69) is 15.3 Å². The van der Waals surface area contributed by atoms with Gasteiger partial charge < -0.3 is 16.0 Å². The van der Waals surface area contributed by atoms with Crippen LogP contribution in [0.4, 0.5) is 11.6 Å². The van der Waals surface area contributed by atoms with Crippen LogP contribution < -0.4 is 11.1 Å². The van der Waals surface area contributed by atoms with Crippen molar-refractivity contribution in [1.29, 1.82) is 0 Å². The van der Waals surface area contributed by atoms with E-state index in [1.54, 1.807) is 11.0 Å². The van der Waals surface area contributed by atoms with Crippen molar-refractivity contribution >= 4 is 17.5 Å². The number of likely N-dealkylation sites (N-methyl/N-ethyl adjacent to an activating group) is 1. The average molecular weight is 263 g/mol. The molecule has 0 spiro atoms. The number of rotatable bonds is 6. The number of amides is 1. The first-order valence-electron chi connectivity index (χ1n) is 6.80. The molecule has 0 unspecified atom stereocenters. The second-order valence-electron chi connectivity index (χ2n) is 4.73. The summed E-state index contributed by atoms with van der Waals surface area (Å²) < 4.78 is 0. The first kappa shape index (κ1) is 13.6. The lowest BCUT2D eigenvalue weighted by Gasteiger charge is -2.19. The molecular formula is C13H21N5O. The highest BCUT2D eigenvalue weighted by molar-refractivity contribution is 5.80. The van der Waals surface area contributed by atoms with Crippen LogP contribution in [0.15, 0.2) is 6.07 Å². The van der Waals surface area contributed by atoms with E-state index in [-0.39, 0.29) is 12.5 Å². The van der Waals surface area contributed by atoms with Gasteiger partial charge in [-0.3, -0.25) is 4.79 Å². The fourth-order valence-corrected chi connectivity index (χ4v) is 1.95. The summed E-state index contributed by atoms with van der Waals surface area (Å²) >= 11 is 0. The number of nitrogen functional groups attached to an aromatic ring is 1. The number of hydrogen-bond donors (Lipinski definition) is 2. The van der Waals surface area contributed by atoms with Crippen molar-refractivity contribution in [3.63, 3.8) is 0 Å². The molecule has 1 aliphatic rings. The molecule has 0 bridgehead atoms. The molecule has 0 radical (unpaired) electrons. The van der Waals surface area contributed by atoms with E-state index in [0.717, 1.165) is 31.8 Å². The van der Waals surface area contributed by atoms with Crippen molar-refractivity contribution in [3.05, 3.63) is 11.9 Å². The number of aromatic nitrogens is 2. The van der Waals surface area contributed by atoms with Crippen LogP contribution in [-0.4, -0.2) is 40.4 Å². The zero-order valence-electron chi connectivity index (χ0n) is 11.5. The van der Waals surface area contributed by atoms with Gasteiger partial charge in [0.25, 0.3) is 0 Å². The maximum atomic E-state index is 11.9. The fourth-order valence-electron chi connectivity index (χ4n) is 1.95. The lowest BCUT2D eigenvalue weighted by Crippen LogP contribution is -2.35. The molecule has 1 heterocycles. The summed E-state index contributed by atoms with van der Waals surface area (Å²) in [4.78, 5) is 22.3. The summed E-state index contributed by atoms with van der Waals surface area (Å²) in [5.41, 5.74) is 5.76. The third-order valence-electron chi connectivity index (χ3n) is 3.24. The molecular weight excluding hydrogens is 242 g/mol. The minimum atomic E-state index is 0.0650.